The Balaban J connectivity index is 1.30. The fraction of sp³-hybridized carbons (Fsp3) is 0.333. The SMILES string of the molecule is Cc1cccc(-c2nc(CC(=O)N3CCN(Cc4ccc(Cl)s4)CC3)cs2)c1. The number of hydrogen-bond donors (Lipinski definition) is 0. The highest BCUT2D eigenvalue weighted by atomic mass is 35.5. The molecule has 3 heterocycles. The Morgan fingerprint density at radius 1 is 1.18 bits per heavy atom. The van der Waals surface area contributed by atoms with E-state index in [2.05, 4.69) is 41.1 Å². The molecule has 1 fully saturated rings. The Bertz CT molecular complexity index is 960. The second-order valence-corrected chi connectivity index (χ2v) is 9.71. The molecule has 28 heavy (non-hydrogen) atoms. The number of piperazine rings is 1. The second kappa shape index (κ2) is 8.74. The van der Waals surface area contributed by atoms with Crippen LogP contribution in [0.15, 0.2) is 41.8 Å². The molecule has 3 aromatic rings. The van der Waals surface area contributed by atoms with Gasteiger partial charge in [0.15, 0.2) is 0 Å². The Hall–Kier alpha value is -1.73. The van der Waals surface area contributed by atoms with E-state index >= 15 is 0 Å². The Labute approximate surface area is 178 Å². The summed E-state index contributed by atoms with van der Waals surface area (Å²) in [6.07, 6.45) is 0.378. The molecule has 0 atom stereocenters. The van der Waals surface area contributed by atoms with E-state index in [9.17, 15) is 4.79 Å². The molecule has 0 spiro atoms. The molecule has 146 valence electrons. The zero-order chi connectivity index (χ0) is 19.5. The fourth-order valence-electron chi connectivity index (χ4n) is 3.38. The normalized spacial score (nSPS) is 15.1. The van der Waals surface area contributed by atoms with E-state index in [1.165, 1.54) is 10.4 Å². The van der Waals surface area contributed by atoms with Crippen molar-refractivity contribution in [3.63, 3.8) is 0 Å². The van der Waals surface area contributed by atoms with E-state index in [1.807, 2.05) is 22.4 Å². The van der Waals surface area contributed by atoms with E-state index in [0.29, 0.717) is 6.42 Å². The van der Waals surface area contributed by atoms with Gasteiger partial charge in [0.05, 0.1) is 16.5 Å². The molecule has 4 rings (SSSR count). The lowest BCUT2D eigenvalue weighted by atomic mass is 10.1. The van der Waals surface area contributed by atoms with Crippen molar-refractivity contribution in [2.75, 3.05) is 26.2 Å². The highest BCUT2D eigenvalue weighted by Gasteiger charge is 2.22. The third kappa shape index (κ3) is 4.81. The lowest BCUT2D eigenvalue weighted by molar-refractivity contribution is -0.132. The average Bonchev–Trinajstić information content (AvgIpc) is 3.31. The van der Waals surface area contributed by atoms with Gasteiger partial charge in [-0.1, -0.05) is 35.4 Å². The van der Waals surface area contributed by atoms with Gasteiger partial charge in [-0.2, -0.15) is 0 Å². The summed E-state index contributed by atoms with van der Waals surface area (Å²) in [7, 11) is 0. The van der Waals surface area contributed by atoms with Crippen molar-refractivity contribution < 1.29 is 4.79 Å². The third-order valence-electron chi connectivity index (χ3n) is 4.88. The van der Waals surface area contributed by atoms with Crippen LogP contribution in [0, 0.1) is 6.92 Å². The molecule has 0 saturated carbocycles. The number of carbonyl (C=O) groups excluding carboxylic acids is 1. The third-order valence-corrected chi connectivity index (χ3v) is 7.04. The van der Waals surface area contributed by atoms with E-state index in [-0.39, 0.29) is 5.91 Å². The predicted molar refractivity (Wildman–Crippen MR) is 117 cm³/mol. The Morgan fingerprint density at radius 2 is 2.00 bits per heavy atom. The van der Waals surface area contributed by atoms with Crippen molar-refractivity contribution in [2.45, 2.75) is 19.9 Å². The molecule has 2 aromatic heterocycles. The molecule has 1 amide bonds. The first-order valence-electron chi connectivity index (χ1n) is 9.32. The number of aromatic nitrogens is 1. The first-order valence-corrected chi connectivity index (χ1v) is 11.4. The zero-order valence-electron chi connectivity index (χ0n) is 15.7. The number of nitrogens with zero attached hydrogens (tertiary/aromatic N) is 3. The summed E-state index contributed by atoms with van der Waals surface area (Å²) in [5.41, 5.74) is 3.20. The molecule has 1 saturated heterocycles. The Morgan fingerprint density at radius 3 is 2.71 bits per heavy atom. The summed E-state index contributed by atoms with van der Waals surface area (Å²) in [5.74, 6) is 0.167. The average molecular weight is 432 g/mol. The zero-order valence-corrected chi connectivity index (χ0v) is 18.1. The summed E-state index contributed by atoms with van der Waals surface area (Å²) in [5, 5.41) is 2.98. The topological polar surface area (TPSA) is 36.4 Å². The monoisotopic (exact) mass is 431 g/mol. The number of aryl methyl sites for hydroxylation is 1. The van der Waals surface area contributed by atoms with Crippen LogP contribution in [-0.2, 0) is 17.8 Å². The number of hydrogen-bond acceptors (Lipinski definition) is 5. The quantitative estimate of drug-likeness (QED) is 0.586. The molecule has 0 unspecified atom stereocenters. The first kappa shape index (κ1) is 19.6. The van der Waals surface area contributed by atoms with Crippen molar-refractivity contribution in [1.29, 1.82) is 0 Å². The molecule has 4 nitrogen and oxygen atoms in total. The molecule has 0 aliphatic carbocycles. The largest absolute Gasteiger partial charge is 0.340 e. The predicted octanol–water partition coefficient (Wildman–Crippen LogP) is 4.72. The standard InChI is InChI=1S/C21H22ClN3OS2/c1-15-3-2-4-16(11-15)21-23-17(14-27-21)12-20(26)25-9-7-24(8-10-25)13-18-5-6-19(22)28-18/h2-6,11,14H,7-10,12-13H2,1H3. The van der Waals surface area contributed by atoms with Gasteiger partial charge < -0.3 is 4.90 Å². The van der Waals surface area contributed by atoms with Gasteiger partial charge in [-0.15, -0.1) is 22.7 Å². The van der Waals surface area contributed by atoms with Crippen LogP contribution in [0.5, 0.6) is 0 Å². The van der Waals surface area contributed by atoms with Gasteiger partial charge in [-0.25, -0.2) is 4.98 Å². The summed E-state index contributed by atoms with van der Waals surface area (Å²) in [6.45, 7) is 6.32. The maximum absolute atomic E-state index is 12.7. The number of halogens is 1. The van der Waals surface area contributed by atoms with Crippen LogP contribution in [0.1, 0.15) is 16.1 Å². The van der Waals surface area contributed by atoms with Gasteiger partial charge in [0.25, 0.3) is 0 Å². The van der Waals surface area contributed by atoms with Crippen molar-refractivity contribution in [3.05, 3.63) is 62.2 Å². The lowest BCUT2D eigenvalue weighted by Crippen LogP contribution is -2.48. The summed E-state index contributed by atoms with van der Waals surface area (Å²) in [6, 6.07) is 12.3. The second-order valence-electron chi connectivity index (χ2n) is 7.05. The fourth-order valence-corrected chi connectivity index (χ4v) is 5.32. The van der Waals surface area contributed by atoms with Gasteiger partial charge in [0.2, 0.25) is 5.91 Å². The molecule has 1 aliphatic rings. The number of rotatable bonds is 5. The lowest BCUT2D eigenvalue weighted by Gasteiger charge is -2.34. The van der Waals surface area contributed by atoms with E-state index in [4.69, 9.17) is 11.6 Å². The van der Waals surface area contributed by atoms with Gasteiger partial charge >= 0.3 is 0 Å². The molecule has 0 N–H and O–H groups in total. The van der Waals surface area contributed by atoms with Crippen LogP contribution in [0.25, 0.3) is 10.6 Å². The summed E-state index contributed by atoms with van der Waals surface area (Å²) in [4.78, 5) is 23.0. The molecule has 1 aromatic carbocycles. The Kier molecular flexibility index (Phi) is 6.11. The molecular formula is C21H22ClN3OS2. The molecule has 0 bridgehead atoms. The minimum absolute atomic E-state index is 0.167. The van der Waals surface area contributed by atoms with Gasteiger partial charge in [0.1, 0.15) is 5.01 Å². The van der Waals surface area contributed by atoms with Crippen LogP contribution in [-0.4, -0.2) is 46.9 Å². The summed E-state index contributed by atoms with van der Waals surface area (Å²) < 4.78 is 0.831. The number of amides is 1. The maximum atomic E-state index is 12.7. The van der Waals surface area contributed by atoms with Gasteiger partial charge in [0, 0.05) is 48.5 Å². The van der Waals surface area contributed by atoms with Crippen molar-refractivity contribution in [1.82, 2.24) is 14.8 Å². The van der Waals surface area contributed by atoms with Crippen LogP contribution in [0.3, 0.4) is 0 Å². The summed E-state index contributed by atoms with van der Waals surface area (Å²) >= 11 is 9.24. The van der Waals surface area contributed by atoms with Crippen molar-refractivity contribution in [3.8, 4) is 10.6 Å². The number of thiophene rings is 1. The van der Waals surface area contributed by atoms with E-state index in [1.54, 1.807) is 22.7 Å². The van der Waals surface area contributed by atoms with E-state index < -0.39 is 0 Å². The number of carbonyl (C=O) groups is 1. The van der Waals surface area contributed by atoms with Gasteiger partial charge in [-0.3, -0.25) is 9.69 Å². The molecule has 0 radical (unpaired) electrons. The maximum Gasteiger partial charge on any atom is 0.228 e. The van der Waals surface area contributed by atoms with Crippen LogP contribution >= 0.6 is 34.3 Å². The van der Waals surface area contributed by atoms with Crippen LogP contribution < -0.4 is 0 Å². The van der Waals surface area contributed by atoms with Gasteiger partial charge in [-0.05, 0) is 25.1 Å². The highest BCUT2D eigenvalue weighted by molar-refractivity contribution is 7.16. The minimum atomic E-state index is 0.167. The minimum Gasteiger partial charge on any atom is -0.340 e. The van der Waals surface area contributed by atoms with E-state index in [0.717, 1.165) is 53.3 Å². The highest BCUT2D eigenvalue weighted by Crippen LogP contribution is 2.25. The van der Waals surface area contributed by atoms with Crippen molar-refractivity contribution >= 4 is 40.2 Å². The molecule has 1 aliphatic heterocycles. The first-order chi connectivity index (χ1) is 13.6. The van der Waals surface area contributed by atoms with Crippen molar-refractivity contribution in [2.24, 2.45) is 0 Å². The number of thiazole rings is 1. The smallest absolute Gasteiger partial charge is 0.228 e. The van der Waals surface area contributed by atoms with Crippen LogP contribution in [0.2, 0.25) is 4.34 Å². The molecule has 7 heteroatoms. The number of benzene rings is 1. The van der Waals surface area contributed by atoms with Crippen LogP contribution in [0.4, 0.5) is 0 Å². The molecular weight excluding hydrogens is 410 g/mol.